The average molecular weight is 272 g/mol. The van der Waals surface area contributed by atoms with Gasteiger partial charge in [-0.2, -0.15) is 10.1 Å². The van der Waals surface area contributed by atoms with E-state index in [9.17, 15) is 0 Å². The predicted octanol–water partition coefficient (Wildman–Crippen LogP) is 1.48. The number of hydrogen-bond donors (Lipinski definition) is 1. The van der Waals surface area contributed by atoms with Crippen molar-refractivity contribution in [1.82, 2.24) is 19.7 Å². The van der Waals surface area contributed by atoms with Crippen molar-refractivity contribution in [2.24, 2.45) is 5.92 Å². The van der Waals surface area contributed by atoms with Gasteiger partial charge in [-0.15, -0.1) is 0 Å². The van der Waals surface area contributed by atoms with Crippen LogP contribution in [0.2, 0.25) is 0 Å². The molecule has 2 aromatic heterocycles. The Morgan fingerprint density at radius 2 is 2.15 bits per heavy atom. The first-order valence-corrected chi connectivity index (χ1v) is 7.04. The molecule has 0 amide bonds. The molecular weight excluding hydrogens is 252 g/mol. The lowest BCUT2D eigenvalue weighted by Gasteiger charge is -2.32. The summed E-state index contributed by atoms with van der Waals surface area (Å²) in [5, 5.41) is 4.27. The Kier molecular flexibility index (Phi) is 3.54. The van der Waals surface area contributed by atoms with Gasteiger partial charge in [0.25, 0.3) is 0 Å². The van der Waals surface area contributed by atoms with E-state index in [4.69, 9.17) is 5.73 Å². The van der Waals surface area contributed by atoms with Crippen LogP contribution in [0.25, 0.3) is 0 Å². The van der Waals surface area contributed by atoms with Gasteiger partial charge in [0.15, 0.2) is 0 Å². The van der Waals surface area contributed by atoms with Crippen LogP contribution >= 0.6 is 0 Å². The van der Waals surface area contributed by atoms with E-state index in [0.717, 1.165) is 44.0 Å². The van der Waals surface area contributed by atoms with Crippen LogP contribution in [0.15, 0.2) is 24.7 Å². The van der Waals surface area contributed by atoms with Crippen LogP contribution in [0, 0.1) is 12.8 Å². The molecule has 1 saturated heterocycles. The Balaban J connectivity index is 1.59. The molecule has 6 nitrogen and oxygen atoms in total. The van der Waals surface area contributed by atoms with Crippen molar-refractivity contribution in [1.29, 1.82) is 0 Å². The van der Waals surface area contributed by atoms with Crippen LogP contribution in [0.1, 0.15) is 18.4 Å². The SMILES string of the molecule is Cc1cnc(N2CCC(Cn3cccn3)CC2)nc1N. The second kappa shape index (κ2) is 5.48. The fraction of sp³-hybridized carbons (Fsp3) is 0.500. The predicted molar refractivity (Wildman–Crippen MR) is 78.3 cm³/mol. The van der Waals surface area contributed by atoms with Crippen LogP contribution in [0.5, 0.6) is 0 Å². The minimum Gasteiger partial charge on any atom is -0.383 e. The van der Waals surface area contributed by atoms with Gasteiger partial charge in [0.1, 0.15) is 5.82 Å². The zero-order chi connectivity index (χ0) is 13.9. The van der Waals surface area contributed by atoms with Crippen LogP contribution in [0.4, 0.5) is 11.8 Å². The normalized spacial score (nSPS) is 16.6. The van der Waals surface area contributed by atoms with Crippen molar-refractivity contribution in [2.45, 2.75) is 26.3 Å². The maximum Gasteiger partial charge on any atom is 0.227 e. The summed E-state index contributed by atoms with van der Waals surface area (Å²) >= 11 is 0. The van der Waals surface area contributed by atoms with E-state index in [1.54, 1.807) is 6.20 Å². The number of aryl methyl sites for hydroxylation is 1. The lowest BCUT2D eigenvalue weighted by molar-refractivity contribution is 0.340. The number of nitrogens with two attached hydrogens (primary N) is 1. The van der Waals surface area contributed by atoms with E-state index >= 15 is 0 Å². The minimum absolute atomic E-state index is 0.577. The van der Waals surface area contributed by atoms with Gasteiger partial charge in [-0.05, 0) is 31.7 Å². The molecule has 0 unspecified atom stereocenters. The van der Waals surface area contributed by atoms with Crippen molar-refractivity contribution in [3.63, 3.8) is 0 Å². The van der Waals surface area contributed by atoms with E-state index in [1.807, 2.05) is 30.1 Å². The molecule has 0 aliphatic carbocycles. The fourth-order valence-electron chi connectivity index (χ4n) is 2.59. The number of nitrogens with zero attached hydrogens (tertiary/aromatic N) is 5. The molecule has 1 aliphatic rings. The molecule has 20 heavy (non-hydrogen) atoms. The molecule has 1 fully saturated rings. The molecule has 106 valence electrons. The summed E-state index contributed by atoms with van der Waals surface area (Å²) in [6, 6.07) is 1.97. The summed E-state index contributed by atoms with van der Waals surface area (Å²) < 4.78 is 2.01. The maximum atomic E-state index is 5.86. The molecule has 3 heterocycles. The third-order valence-electron chi connectivity index (χ3n) is 3.90. The first-order chi connectivity index (χ1) is 9.72. The van der Waals surface area contributed by atoms with E-state index in [0.29, 0.717) is 11.7 Å². The van der Waals surface area contributed by atoms with Gasteiger partial charge in [-0.3, -0.25) is 4.68 Å². The average Bonchev–Trinajstić information content (AvgIpc) is 2.96. The van der Waals surface area contributed by atoms with Crippen LogP contribution in [-0.2, 0) is 6.54 Å². The lowest BCUT2D eigenvalue weighted by Crippen LogP contribution is -2.36. The summed E-state index contributed by atoms with van der Waals surface area (Å²) in [5.74, 6) is 2.01. The van der Waals surface area contributed by atoms with Crippen molar-refractivity contribution >= 4 is 11.8 Å². The second-order valence-electron chi connectivity index (χ2n) is 5.40. The summed E-state index contributed by atoms with van der Waals surface area (Å²) in [6.45, 7) is 4.88. The van der Waals surface area contributed by atoms with Gasteiger partial charge < -0.3 is 10.6 Å². The summed E-state index contributed by atoms with van der Waals surface area (Å²) in [4.78, 5) is 11.0. The molecule has 2 aromatic rings. The standard InChI is InChI=1S/C14H20N6/c1-11-9-16-14(18-13(11)15)19-7-3-12(4-8-19)10-20-6-2-5-17-20/h2,5-6,9,12H,3-4,7-8,10H2,1H3,(H2,15,16,18). The zero-order valence-electron chi connectivity index (χ0n) is 11.7. The topological polar surface area (TPSA) is 72.9 Å². The highest BCUT2D eigenvalue weighted by atomic mass is 15.3. The van der Waals surface area contributed by atoms with Crippen molar-refractivity contribution < 1.29 is 0 Å². The smallest absolute Gasteiger partial charge is 0.227 e. The van der Waals surface area contributed by atoms with Crippen LogP contribution in [0.3, 0.4) is 0 Å². The highest BCUT2D eigenvalue weighted by molar-refractivity contribution is 5.43. The summed E-state index contributed by atoms with van der Waals surface area (Å²) in [5.41, 5.74) is 6.79. The Labute approximate surface area is 118 Å². The van der Waals surface area contributed by atoms with Crippen molar-refractivity contribution in [3.05, 3.63) is 30.2 Å². The Bertz CT molecular complexity index is 557. The number of aromatic nitrogens is 4. The molecule has 2 N–H and O–H groups in total. The van der Waals surface area contributed by atoms with Gasteiger partial charge in [0.2, 0.25) is 5.95 Å². The molecule has 6 heteroatoms. The molecule has 0 saturated carbocycles. The van der Waals surface area contributed by atoms with Crippen molar-refractivity contribution in [3.8, 4) is 0 Å². The van der Waals surface area contributed by atoms with E-state index in [-0.39, 0.29) is 0 Å². The van der Waals surface area contributed by atoms with Gasteiger partial charge >= 0.3 is 0 Å². The first kappa shape index (κ1) is 12.9. The van der Waals surface area contributed by atoms with E-state index < -0.39 is 0 Å². The summed E-state index contributed by atoms with van der Waals surface area (Å²) in [6.07, 6.45) is 7.93. The highest BCUT2D eigenvalue weighted by Crippen LogP contribution is 2.22. The Morgan fingerprint density at radius 3 is 2.80 bits per heavy atom. The lowest BCUT2D eigenvalue weighted by atomic mass is 9.97. The monoisotopic (exact) mass is 272 g/mol. The second-order valence-corrected chi connectivity index (χ2v) is 5.40. The minimum atomic E-state index is 0.577. The molecule has 0 radical (unpaired) electrons. The van der Waals surface area contributed by atoms with Crippen LogP contribution in [-0.4, -0.2) is 32.8 Å². The van der Waals surface area contributed by atoms with Crippen molar-refractivity contribution in [2.75, 3.05) is 23.7 Å². The Morgan fingerprint density at radius 1 is 1.35 bits per heavy atom. The zero-order valence-corrected chi connectivity index (χ0v) is 11.7. The van der Waals surface area contributed by atoms with Gasteiger partial charge in [-0.25, -0.2) is 4.98 Å². The fourth-order valence-corrected chi connectivity index (χ4v) is 2.59. The van der Waals surface area contributed by atoms with Gasteiger partial charge in [0.05, 0.1) is 0 Å². The van der Waals surface area contributed by atoms with Gasteiger partial charge in [0, 0.05) is 43.8 Å². The maximum absolute atomic E-state index is 5.86. The molecular formula is C14H20N6. The number of hydrogen-bond acceptors (Lipinski definition) is 5. The third-order valence-corrected chi connectivity index (χ3v) is 3.90. The molecule has 3 rings (SSSR count). The number of piperidine rings is 1. The van der Waals surface area contributed by atoms with E-state index in [1.165, 1.54) is 0 Å². The molecule has 0 aromatic carbocycles. The number of nitrogen functional groups attached to an aromatic ring is 1. The molecule has 0 bridgehead atoms. The van der Waals surface area contributed by atoms with E-state index in [2.05, 4.69) is 20.0 Å². The Hall–Kier alpha value is -2.11. The van der Waals surface area contributed by atoms with Crippen LogP contribution < -0.4 is 10.6 Å². The molecule has 0 atom stereocenters. The number of rotatable bonds is 3. The number of anilines is 2. The first-order valence-electron chi connectivity index (χ1n) is 7.04. The molecule has 1 aliphatic heterocycles. The highest BCUT2D eigenvalue weighted by Gasteiger charge is 2.21. The van der Waals surface area contributed by atoms with Gasteiger partial charge in [-0.1, -0.05) is 0 Å². The third kappa shape index (κ3) is 2.74. The largest absolute Gasteiger partial charge is 0.383 e. The summed E-state index contributed by atoms with van der Waals surface area (Å²) in [7, 11) is 0. The quantitative estimate of drug-likeness (QED) is 0.916. The molecule has 0 spiro atoms.